The van der Waals surface area contributed by atoms with E-state index in [4.69, 9.17) is 0 Å². The molecule has 0 atom stereocenters. The second kappa shape index (κ2) is 3.47. The lowest BCUT2D eigenvalue weighted by molar-refractivity contribution is -0.304. The summed E-state index contributed by atoms with van der Waals surface area (Å²) in [7, 11) is 0. The number of rotatable bonds is 2. The summed E-state index contributed by atoms with van der Waals surface area (Å²) in [6.07, 6.45) is -0.905. The van der Waals surface area contributed by atoms with Crippen LogP contribution in [-0.4, -0.2) is 5.97 Å². The van der Waals surface area contributed by atoms with Crippen LogP contribution in [0.2, 0.25) is 0 Å². The number of carbonyl (C=O) groups excluding carboxylic acids is 1. The zero-order valence-corrected chi connectivity index (χ0v) is 6.31. The van der Waals surface area contributed by atoms with Gasteiger partial charge in [0.2, 0.25) is 0 Å². The van der Waals surface area contributed by atoms with Gasteiger partial charge < -0.3 is 9.90 Å². The Hall–Kier alpha value is -1.52. The molecule has 1 aromatic rings. The smallest absolute Gasteiger partial charge is 0.132 e. The third-order valence-electron chi connectivity index (χ3n) is 1.43. The summed E-state index contributed by atoms with van der Waals surface area (Å²) in [5.74, 6) is -5.15. The lowest BCUT2D eigenvalue weighted by atomic mass is 10.1. The van der Waals surface area contributed by atoms with Crippen LogP contribution in [0.1, 0.15) is 5.56 Å². The summed E-state index contributed by atoms with van der Waals surface area (Å²) in [6.45, 7) is 0. The number of carbonyl (C=O) groups is 1. The number of hydrogen-bond donors (Lipinski definition) is 0. The van der Waals surface area contributed by atoms with Gasteiger partial charge in [0.1, 0.15) is 17.5 Å². The molecule has 0 fully saturated rings. The molecule has 0 radical (unpaired) electrons. The maximum absolute atomic E-state index is 12.7. The van der Waals surface area contributed by atoms with Gasteiger partial charge in [-0.1, -0.05) is 0 Å². The van der Waals surface area contributed by atoms with Crippen molar-refractivity contribution < 1.29 is 23.1 Å². The lowest BCUT2D eigenvalue weighted by Crippen LogP contribution is -2.25. The molecule has 0 aliphatic rings. The van der Waals surface area contributed by atoms with Gasteiger partial charge in [-0.3, -0.25) is 0 Å². The van der Waals surface area contributed by atoms with Gasteiger partial charge in [0.05, 0.1) is 0 Å². The molecule has 1 rings (SSSR count). The second-order valence-electron chi connectivity index (χ2n) is 2.40. The van der Waals surface area contributed by atoms with Crippen LogP contribution < -0.4 is 5.11 Å². The molecule has 0 bridgehead atoms. The summed E-state index contributed by atoms with van der Waals surface area (Å²) >= 11 is 0. The average Bonchev–Trinajstić information content (AvgIpc) is 1.96. The predicted molar refractivity (Wildman–Crippen MR) is 35.0 cm³/mol. The molecule has 0 unspecified atom stereocenters. The van der Waals surface area contributed by atoms with E-state index in [-0.39, 0.29) is 0 Å². The fraction of sp³-hybridized carbons (Fsp3) is 0.125. The number of hydrogen-bond acceptors (Lipinski definition) is 2. The number of benzene rings is 1. The first-order valence-corrected chi connectivity index (χ1v) is 3.34. The van der Waals surface area contributed by atoms with E-state index in [9.17, 15) is 23.1 Å². The van der Waals surface area contributed by atoms with E-state index < -0.39 is 35.4 Å². The van der Waals surface area contributed by atoms with Gasteiger partial charge in [0.15, 0.2) is 0 Å². The highest BCUT2D eigenvalue weighted by Crippen LogP contribution is 2.14. The minimum absolute atomic E-state index is 0.418. The van der Waals surface area contributed by atoms with Crippen molar-refractivity contribution in [2.75, 3.05) is 0 Å². The molecule has 0 aliphatic heterocycles. The van der Waals surface area contributed by atoms with Crippen molar-refractivity contribution in [1.29, 1.82) is 0 Å². The first kappa shape index (κ1) is 9.57. The van der Waals surface area contributed by atoms with Crippen molar-refractivity contribution in [3.05, 3.63) is 35.1 Å². The van der Waals surface area contributed by atoms with Crippen molar-refractivity contribution in [1.82, 2.24) is 0 Å². The SMILES string of the molecule is O=C([O-])Cc1c(F)cc(F)cc1F. The van der Waals surface area contributed by atoms with Crippen LogP contribution >= 0.6 is 0 Å². The molecule has 0 N–H and O–H groups in total. The van der Waals surface area contributed by atoms with Crippen molar-refractivity contribution in [3.63, 3.8) is 0 Å². The van der Waals surface area contributed by atoms with E-state index in [1.165, 1.54) is 0 Å². The minimum Gasteiger partial charge on any atom is -0.550 e. The van der Waals surface area contributed by atoms with Crippen LogP contribution in [0, 0.1) is 17.5 Å². The Bertz CT molecular complexity index is 326. The molecule has 0 aromatic heterocycles. The summed E-state index contributed by atoms with van der Waals surface area (Å²) in [5.41, 5.74) is -0.693. The molecule has 0 saturated heterocycles. The second-order valence-corrected chi connectivity index (χ2v) is 2.40. The van der Waals surface area contributed by atoms with E-state index in [0.717, 1.165) is 0 Å². The van der Waals surface area contributed by atoms with Crippen LogP contribution in [0.5, 0.6) is 0 Å². The Balaban J connectivity index is 3.13. The highest BCUT2D eigenvalue weighted by molar-refractivity contribution is 5.68. The first-order valence-electron chi connectivity index (χ1n) is 3.34. The van der Waals surface area contributed by atoms with E-state index in [0.29, 0.717) is 12.1 Å². The molecule has 0 heterocycles. The maximum atomic E-state index is 12.7. The van der Waals surface area contributed by atoms with Crippen molar-refractivity contribution in [2.45, 2.75) is 6.42 Å². The Kier molecular flexibility index (Phi) is 2.55. The number of aliphatic carboxylic acids is 1. The van der Waals surface area contributed by atoms with Crippen LogP contribution in [-0.2, 0) is 11.2 Å². The standard InChI is InChI=1S/C8H5F3O2/c9-4-1-6(10)5(3-8(12)13)7(11)2-4/h1-2H,3H2,(H,12,13)/p-1. The molecular formula is C8H4F3O2-. The molecule has 0 spiro atoms. The highest BCUT2D eigenvalue weighted by Gasteiger charge is 2.10. The van der Waals surface area contributed by atoms with E-state index in [2.05, 4.69) is 0 Å². The van der Waals surface area contributed by atoms with E-state index >= 15 is 0 Å². The molecule has 1 aromatic carbocycles. The zero-order chi connectivity index (χ0) is 10.0. The third-order valence-corrected chi connectivity index (χ3v) is 1.43. The first-order chi connectivity index (χ1) is 6.00. The monoisotopic (exact) mass is 189 g/mol. The van der Waals surface area contributed by atoms with E-state index in [1.54, 1.807) is 0 Å². The van der Waals surface area contributed by atoms with E-state index in [1.807, 2.05) is 0 Å². The number of carboxylic acids is 1. The Morgan fingerprint density at radius 1 is 1.23 bits per heavy atom. The topological polar surface area (TPSA) is 40.1 Å². The van der Waals surface area contributed by atoms with Crippen molar-refractivity contribution in [2.24, 2.45) is 0 Å². The summed E-state index contributed by atoms with van der Waals surface area (Å²) in [6, 6.07) is 0.836. The summed E-state index contributed by atoms with van der Waals surface area (Å²) < 4.78 is 37.7. The maximum Gasteiger partial charge on any atom is 0.132 e. The van der Waals surface area contributed by atoms with Gasteiger partial charge in [0.25, 0.3) is 0 Å². The molecule has 13 heavy (non-hydrogen) atoms. The Labute approximate surface area is 71.6 Å². The zero-order valence-electron chi connectivity index (χ0n) is 6.31. The number of carboxylic acid groups (broad SMARTS) is 1. The van der Waals surface area contributed by atoms with Gasteiger partial charge in [-0.25, -0.2) is 13.2 Å². The summed E-state index contributed by atoms with van der Waals surface area (Å²) in [4.78, 5) is 10.0. The Morgan fingerprint density at radius 3 is 2.08 bits per heavy atom. The molecule has 0 amide bonds. The minimum atomic E-state index is -1.62. The van der Waals surface area contributed by atoms with Gasteiger partial charge >= 0.3 is 0 Å². The largest absolute Gasteiger partial charge is 0.550 e. The van der Waals surface area contributed by atoms with Gasteiger partial charge in [0, 0.05) is 30.1 Å². The average molecular weight is 189 g/mol. The molecule has 70 valence electrons. The van der Waals surface area contributed by atoms with Gasteiger partial charge in [-0.05, 0) is 0 Å². The fourth-order valence-electron chi connectivity index (χ4n) is 0.885. The van der Waals surface area contributed by atoms with Crippen LogP contribution in [0.15, 0.2) is 12.1 Å². The Morgan fingerprint density at radius 2 is 1.69 bits per heavy atom. The summed E-state index contributed by atoms with van der Waals surface area (Å²) in [5, 5.41) is 10.0. The highest BCUT2D eigenvalue weighted by atomic mass is 19.1. The predicted octanol–water partition coefficient (Wildman–Crippen LogP) is 0.396. The normalized spacial score (nSPS) is 10.1. The van der Waals surface area contributed by atoms with Crippen LogP contribution in [0.4, 0.5) is 13.2 Å². The molecule has 0 saturated carbocycles. The lowest BCUT2D eigenvalue weighted by Gasteiger charge is -2.05. The van der Waals surface area contributed by atoms with Crippen LogP contribution in [0.3, 0.4) is 0 Å². The number of halogens is 3. The van der Waals surface area contributed by atoms with Gasteiger partial charge in [-0.2, -0.15) is 0 Å². The van der Waals surface area contributed by atoms with Crippen LogP contribution in [0.25, 0.3) is 0 Å². The molecule has 0 aliphatic carbocycles. The molecule has 2 nitrogen and oxygen atoms in total. The third kappa shape index (κ3) is 2.21. The quantitative estimate of drug-likeness (QED) is 0.675. The van der Waals surface area contributed by atoms with Crippen molar-refractivity contribution >= 4 is 5.97 Å². The molecule has 5 heteroatoms. The van der Waals surface area contributed by atoms with Gasteiger partial charge in [-0.15, -0.1) is 0 Å². The fourth-order valence-corrected chi connectivity index (χ4v) is 0.885. The van der Waals surface area contributed by atoms with Crippen molar-refractivity contribution in [3.8, 4) is 0 Å². The molecular weight excluding hydrogens is 185 g/mol.